The lowest BCUT2D eigenvalue weighted by Gasteiger charge is -2.43. The van der Waals surface area contributed by atoms with E-state index in [1.165, 1.54) is 0 Å². The largest absolute Gasteiger partial charge is 0.355 e. The number of piperidine rings is 1. The summed E-state index contributed by atoms with van der Waals surface area (Å²) >= 11 is 5.50. The highest BCUT2D eigenvalue weighted by Crippen LogP contribution is 2.34. The van der Waals surface area contributed by atoms with Crippen LogP contribution in [0.25, 0.3) is 0 Å². The fourth-order valence-electron chi connectivity index (χ4n) is 3.80. The number of hydrogen-bond acceptors (Lipinski definition) is 3. The normalized spacial score (nSPS) is 21.4. The number of unbranched alkanes of at least 4 members (excludes halogenated alkanes) is 1. The maximum atomic E-state index is 12.1. The van der Waals surface area contributed by atoms with E-state index in [0.29, 0.717) is 23.5 Å². The van der Waals surface area contributed by atoms with E-state index < -0.39 is 0 Å². The molecule has 2 bridgehead atoms. The van der Waals surface area contributed by atoms with Crippen molar-refractivity contribution < 1.29 is 4.79 Å². The summed E-state index contributed by atoms with van der Waals surface area (Å²) in [4.78, 5) is 26.0. The van der Waals surface area contributed by atoms with Gasteiger partial charge in [-0.15, -0.1) is 0 Å². The zero-order chi connectivity index (χ0) is 17.8. The maximum absolute atomic E-state index is 12.1. The van der Waals surface area contributed by atoms with Gasteiger partial charge in [-0.1, -0.05) is 19.4 Å². The molecule has 136 valence electrons. The molecule has 1 aromatic heterocycles. The van der Waals surface area contributed by atoms with Gasteiger partial charge in [-0.2, -0.15) is 0 Å². The fraction of sp³-hybridized carbons (Fsp3) is 0.611. The van der Waals surface area contributed by atoms with Gasteiger partial charge >= 0.3 is 0 Å². The number of nitrogens with one attached hydrogen (secondary N) is 2. The van der Waals surface area contributed by atoms with Crippen LogP contribution in [0.3, 0.4) is 0 Å². The lowest BCUT2D eigenvalue weighted by molar-refractivity contribution is -0.120. The van der Waals surface area contributed by atoms with E-state index in [-0.39, 0.29) is 18.0 Å². The molecule has 2 atom stereocenters. The number of amides is 1. The molecule has 0 saturated carbocycles. The molecule has 1 aromatic rings. The molecule has 7 heteroatoms. The average molecular weight is 362 g/mol. The number of carbonyl (C=O) groups is 1. The Morgan fingerprint density at radius 1 is 1.28 bits per heavy atom. The zero-order valence-electron chi connectivity index (χ0n) is 14.7. The number of carbonyl (C=O) groups excluding carboxylic acids is 1. The van der Waals surface area contributed by atoms with Gasteiger partial charge in [-0.05, 0) is 37.0 Å². The highest BCUT2D eigenvalue weighted by Gasteiger charge is 2.35. The minimum atomic E-state index is -0.0232. The molecule has 0 radical (unpaired) electrons. The van der Waals surface area contributed by atoms with Crippen LogP contribution in [0.15, 0.2) is 23.0 Å². The first-order valence-corrected chi connectivity index (χ1v) is 9.48. The van der Waals surface area contributed by atoms with E-state index in [0.717, 1.165) is 44.6 Å². The van der Waals surface area contributed by atoms with E-state index in [4.69, 9.17) is 12.2 Å². The number of aromatic nitrogens is 1. The van der Waals surface area contributed by atoms with Crippen LogP contribution < -0.4 is 16.2 Å². The number of likely N-dealkylation sites (tertiary alicyclic amines) is 1. The van der Waals surface area contributed by atoms with Gasteiger partial charge in [0.2, 0.25) is 5.91 Å². The van der Waals surface area contributed by atoms with Crippen molar-refractivity contribution in [3.63, 3.8) is 0 Å². The van der Waals surface area contributed by atoms with Gasteiger partial charge in [0.25, 0.3) is 5.56 Å². The van der Waals surface area contributed by atoms with Gasteiger partial charge in [-0.25, -0.2) is 0 Å². The van der Waals surface area contributed by atoms with Crippen molar-refractivity contribution in [3.05, 3.63) is 34.2 Å². The molecule has 0 spiro atoms. The quantitative estimate of drug-likeness (QED) is 0.606. The molecular weight excluding hydrogens is 336 g/mol. The SMILES string of the molecule is CCCCNC(=O)CNC(=S)N1CC2CC(C1)c1cccc(=O)n1C2. The molecule has 0 aromatic carbocycles. The zero-order valence-corrected chi connectivity index (χ0v) is 15.5. The van der Waals surface area contributed by atoms with Gasteiger partial charge < -0.3 is 20.1 Å². The second kappa shape index (κ2) is 7.99. The Morgan fingerprint density at radius 2 is 2.12 bits per heavy atom. The van der Waals surface area contributed by atoms with Gasteiger partial charge in [0.15, 0.2) is 5.11 Å². The van der Waals surface area contributed by atoms with E-state index in [1.54, 1.807) is 6.07 Å². The maximum Gasteiger partial charge on any atom is 0.250 e. The summed E-state index contributed by atoms with van der Waals surface area (Å²) in [5.74, 6) is 0.717. The molecule has 1 saturated heterocycles. The summed E-state index contributed by atoms with van der Waals surface area (Å²) in [5, 5.41) is 6.60. The Balaban J connectivity index is 1.56. The van der Waals surface area contributed by atoms with Crippen LogP contribution in [0.5, 0.6) is 0 Å². The molecule has 1 amide bonds. The Bertz CT molecular complexity index is 703. The molecule has 3 heterocycles. The predicted octanol–water partition coefficient (Wildman–Crippen LogP) is 1.06. The Hall–Kier alpha value is -1.89. The molecule has 3 rings (SSSR count). The van der Waals surface area contributed by atoms with E-state index in [1.807, 2.05) is 16.7 Å². The molecule has 0 aliphatic carbocycles. The third kappa shape index (κ3) is 4.21. The third-order valence-electron chi connectivity index (χ3n) is 5.02. The second-order valence-electron chi connectivity index (χ2n) is 6.97. The molecule has 25 heavy (non-hydrogen) atoms. The molecule has 2 aliphatic rings. The van der Waals surface area contributed by atoms with E-state index >= 15 is 0 Å². The van der Waals surface area contributed by atoms with Crippen molar-refractivity contribution >= 4 is 23.2 Å². The minimum Gasteiger partial charge on any atom is -0.355 e. The number of thiocarbonyl (C=S) groups is 1. The molecule has 2 aliphatic heterocycles. The van der Waals surface area contributed by atoms with Crippen molar-refractivity contribution in [1.82, 2.24) is 20.1 Å². The van der Waals surface area contributed by atoms with Crippen molar-refractivity contribution in [2.24, 2.45) is 5.92 Å². The average Bonchev–Trinajstić information content (AvgIpc) is 2.61. The Morgan fingerprint density at radius 3 is 2.92 bits per heavy atom. The predicted molar refractivity (Wildman–Crippen MR) is 102 cm³/mol. The summed E-state index contributed by atoms with van der Waals surface area (Å²) in [6.07, 6.45) is 3.15. The summed E-state index contributed by atoms with van der Waals surface area (Å²) in [6.45, 7) is 5.40. The Kier molecular flexibility index (Phi) is 5.73. The topological polar surface area (TPSA) is 66.4 Å². The summed E-state index contributed by atoms with van der Waals surface area (Å²) in [5.41, 5.74) is 1.19. The summed E-state index contributed by atoms with van der Waals surface area (Å²) < 4.78 is 1.91. The smallest absolute Gasteiger partial charge is 0.250 e. The standard InChI is InChI=1S/C18H26N4O2S/c1-2-3-7-19-16(23)9-20-18(25)21-10-13-8-14(12-21)15-5-4-6-17(24)22(15)11-13/h4-6,13-14H,2-3,7-12H2,1H3,(H,19,23)(H,20,25). The Labute approximate surface area is 153 Å². The van der Waals surface area contributed by atoms with Crippen LogP contribution in [0.2, 0.25) is 0 Å². The number of rotatable bonds is 5. The second-order valence-corrected chi connectivity index (χ2v) is 7.35. The molecule has 2 unspecified atom stereocenters. The molecule has 6 nitrogen and oxygen atoms in total. The highest BCUT2D eigenvalue weighted by molar-refractivity contribution is 7.80. The van der Waals surface area contributed by atoms with Crippen molar-refractivity contribution in [2.45, 2.75) is 38.6 Å². The first kappa shape index (κ1) is 17.9. The summed E-state index contributed by atoms with van der Waals surface area (Å²) in [6, 6.07) is 5.51. The molecule has 2 N–H and O–H groups in total. The van der Waals surface area contributed by atoms with Crippen LogP contribution >= 0.6 is 12.2 Å². The van der Waals surface area contributed by atoms with Gasteiger partial charge in [0.05, 0.1) is 6.54 Å². The number of nitrogens with zero attached hydrogens (tertiary/aromatic N) is 2. The summed E-state index contributed by atoms with van der Waals surface area (Å²) in [7, 11) is 0. The lowest BCUT2D eigenvalue weighted by atomic mass is 9.83. The highest BCUT2D eigenvalue weighted by atomic mass is 32.1. The third-order valence-corrected chi connectivity index (χ3v) is 5.42. The fourth-order valence-corrected chi connectivity index (χ4v) is 4.02. The van der Waals surface area contributed by atoms with Crippen molar-refractivity contribution in [3.8, 4) is 0 Å². The van der Waals surface area contributed by atoms with Gasteiger partial charge in [-0.3, -0.25) is 9.59 Å². The number of fused-ring (bicyclic) bond motifs is 4. The van der Waals surface area contributed by atoms with Crippen molar-refractivity contribution in [1.29, 1.82) is 0 Å². The van der Waals surface area contributed by atoms with E-state index in [2.05, 4.69) is 22.5 Å². The monoisotopic (exact) mass is 362 g/mol. The van der Waals surface area contributed by atoms with Gasteiger partial charge in [0, 0.05) is 43.9 Å². The van der Waals surface area contributed by atoms with Crippen LogP contribution in [0.4, 0.5) is 0 Å². The van der Waals surface area contributed by atoms with Crippen molar-refractivity contribution in [2.75, 3.05) is 26.2 Å². The molecule has 1 fully saturated rings. The molecular formula is C18H26N4O2S. The van der Waals surface area contributed by atoms with Crippen LogP contribution in [0.1, 0.15) is 37.8 Å². The van der Waals surface area contributed by atoms with Crippen LogP contribution in [0, 0.1) is 5.92 Å². The minimum absolute atomic E-state index is 0.0232. The first-order valence-electron chi connectivity index (χ1n) is 9.07. The number of hydrogen-bond donors (Lipinski definition) is 2. The van der Waals surface area contributed by atoms with E-state index in [9.17, 15) is 9.59 Å². The van der Waals surface area contributed by atoms with Gasteiger partial charge in [0.1, 0.15) is 0 Å². The lowest BCUT2D eigenvalue weighted by Crippen LogP contribution is -2.52. The van der Waals surface area contributed by atoms with Crippen LogP contribution in [-0.2, 0) is 11.3 Å². The first-order chi connectivity index (χ1) is 12.1. The number of pyridine rings is 1. The van der Waals surface area contributed by atoms with Crippen LogP contribution in [-0.4, -0.2) is 46.7 Å².